The van der Waals surface area contributed by atoms with Gasteiger partial charge in [0.1, 0.15) is 17.8 Å². The molecule has 3 rings (SSSR count). The number of fused-ring (bicyclic) bond motifs is 3. The molecular formula is C18H22N4O. The maximum atomic E-state index is 11.7. The van der Waals surface area contributed by atoms with E-state index in [2.05, 4.69) is 33.7 Å². The number of H-pyrrole nitrogens is 1. The molecule has 0 unspecified atom stereocenters. The molecule has 23 heavy (non-hydrogen) atoms. The van der Waals surface area contributed by atoms with Crippen molar-refractivity contribution in [2.45, 2.75) is 33.6 Å². The summed E-state index contributed by atoms with van der Waals surface area (Å²) >= 11 is 0. The third-order valence-electron chi connectivity index (χ3n) is 4.06. The molecule has 5 nitrogen and oxygen atoms in total. The van der Waals surface area contributed by atoms with Crippen molar-refractivity contribution in [2.75, 3.05) is 18.0 Å². The van der Waals surface area contributed by atoms with E-state index in [1.807, 2.05) is 18.2 Å². The van der Waals surface area contributed by atoms with E-state index in [9.17, 15) is 4.79 Å². The largest absolute Gasteiger partial charge is 0.356 e. The SMILES string of the molecule is CCCN(CCC)c1ncnc2[nH]c3ccc(C(C)=O)cc3c12. The second-order valence-corrected chi connectivity index (χ2v) is 5.85. The van der Waals surface area contributed by atoms with Gasteiger partial charge in [0.25, 0.3) is 0 Å². The average Bonchev–Trinajstić information content (AvgIpc) is 2.92. The molecule has 0 saturated heterocycles. The van der Waals surface area contributed by atoms with Crippen LogP contribution in [0.3, 0.4) is 0 Å². The number of rotatable bonds is 6. The van der Waals surface area contributed by atoms with Crippen molar-refractivity contribution in [3.05, 3.63) is 30.1 Å². The zero-order chi connectivity index (χ0) is 16.4. The van der Waals surface area contributed by atoms with Gasteiger partial charge >= 0.3 is 0 Å². The van der Waals surface area contributed by atoms with E-state index in [0.717, 1.165) is 53.7 Å². The van der Waals surface area contributed by atoms with Crippen LogP contribution < -0.4 is 4.90 Å². The van der Waals surface area contributed by atoms with Crippen LogP contribution in [0.2, 0.25) is 0 Å². The summed E-state index contributed by atoms with van der Waals surface area (Å²) in [5.74, 6) is 1.02. The van der Waals surface area contributed by atoms with Gasteiger partial charge in [0.15, 0.2) is 5.78 Å². The number of ketones is 1. The van der Waals surface area contributed by atoms with E-state index in [1.54, 1.807) is 13.3 Å². The molecule has 0 fully saturated rings. The van der Waals surface area contributed by atoms with E-state index < -0.39 is 0 Å². The van der Waals surface area contributed by atoms with Gasteiger partial charge in [0, 0.05) is 29.6 Å². The number of aromatic nitrogens is 3. The first-order valence-electron chi connectivity index (χ1n) is 8.18. The van der Waals surface area contributed by atoms with Crippen molar-refractivity contribution >= 4 is 33.5 Å². The van der Waals surface area contributed by atoms with Crippen molar-refractivity contribution in [2.24, 2.45) is 0 Å². The number of hydrogen-bond donors (Lipinski definition) is 1. The van der Waals surface area contributed by atoms with Crippen LogP contribution in [0, 0.1) is 0 Å². The van der Waals surface area contributed by atoms with E-state index in [4.69, 9.17) is 0 Å². The lowest BCUT2D eigenvalue weighted by Crippen LogP contribution is -2.26. The molecule has 5 heteroatoms. The summed E-state index contributed by atoms with van der Waals surface area (Å²) < 4.78 is 0. The number of hydrogen-bond acceptors (Lipinski definition) is 4. The van der Waals surface area contributed by atoms with Gasteiger partial charge in [-0.05, 0) is 38.0 Å². The minimum absolute atomic E-state index is 0.0682. The lowest BCUT2D eigenvalue weighted by molar-refractivity contribution is 0.101. The third kappa shape index (κ3) is 2.79. The minimum atomic E-state index is 0.0682. The van der Waals surface area contributed by atoms with Crippen molar-refractivity contribution in [1.29, 1.82) is 0 Å². The Morgan fingerprint density at radius 3 is 2.57 bits per heavy atom. The number of carbonyl (C=O) groups is 1. The first-order valence-corrected chi connectivity index (χ1v) is 8.18. The van der Waals surface area contributed by atoms with Crippen molar-refractivity contribution < 1.29 is 4.79 Å². The van der Waals surface area contributed by atoms with E-state index in [0.29, 0.717) is 5.56 Å². The fourth-order valence-corrected chi connectivity index (χ4v) is 3.03. The van der Waals surface area contributed by atoms with Crippen LogP contribution in [0.4, 0.5) is 5.82 Å². The number of carbonyl (C=O) groups excluding carboxylic acids is 1. The van der Waals surface area contributed by atoms with Crippen molar-refractivity contribution in [1.82, 2.24) is 15.0 Å². The Bertz CT molecular complexity index is 847. The van der Waals surface area contributed by atoms with Crippen LogP contribution in [0.15, 0.2) is 24.5 Å². The summed E-state index contributed by atoms with van der Waals surface area (Å²) in [5, 5.41) is 2.02. The fourth-order valence-electron chi connectivity index (χ4n) is 3.03. The molecule has 0 aliphatic carbocycles. The normalized spacial score (nSPS) is 11.3. The zero-order valence-electron chi connectivity index (χ0n) is 13.9. The van der Waals surface area contributed by atoms with Gasteiger partial charge in [-0.2, -0.15) is 0 Å². The Morgan fingerprint density at radius 1 is 1.17 bits per heavy atom. The Kier molecular flexibility index (Phi) is 4.28. The number of nitrogens with zero attached hydrogens (tertiary/aromatic N) is 3. The third-order valence-corrected chi connectivity index (χ3v) is 4.06. The van der Waals surface area contributed by atoms with Gasteiger partial charge in [-0.25, -0.2) is 9.97 Å². The monoisotopic (exact) mass is 310 g/mol. The van der Waals surface area contributed by atoms with Gasteiger partial charge < -0.3 is 9.88 Å². The second-order valence-electron chi connectivity index (χ2n) is 5.85. The number of nitrogens with one attached hydrogen (secondary N) is 1. The van der Waals surface area contributed by atoms with Gasteiger partial charge in [0.2, 0.25) is 0 Å². The first kappa shape index (κ1) is 15.5. The van der Waals surface area contributed by atoms with Crippen LogP contribution in [-0.4, -0.2) is 33.8 Å². The Balaban J connectivity index is 2.26. The highest BCUT2D eigenvalue weighted by molar-refractivity contribution is 6.13. The topological polar surface area (TPSA) is 61.9 Å². The van der Waals surface area contributed by atoms with Gasteiger partial charge in [-0.3, -0.25) is 4.79 Å². The van der Waals surface area contributed by atoms with Crippen LogP contribution in [0.5, 0.6) is 0 Å². The van der Waals surface area contributed by atoms with Gasteiger partial charge in [-0.1, -0.05) is 13.8 Å². The molecule has 0 spiro atoms. The standard InChI is InChI=1S/C18H22N4O/c1-4-8-22(9-5-2)18-16-14-10-13(12(3)23)6-7-15(14)21-17(16)19-11-20-18/h6-7,10-11H,4-5,8-9H2,1-3H3,(H,19,20,21). The molecule has 2 heterocycles. The Hall–Kier alpha value is -2.43. The second kappa shape index (κ2) is 6.36. The van der Waals surface area contributed by atoms with Crippen LogP contribution in [0.25, 0.3) is 21.9 Å². The van der Waals surface area contributed by atoms with Crippen LogP contribution in [0.1, 0.15) is 44.0 Å². The fraction of sp³-hybridized carbons (Fsp3) is 0.389. The smallest absolute Gasteiger partial charge is 0.159 e. The van der Waals surface area contributed by atoms with E-state index in [1.165, 1.54) is 0 Å². The number of anilines is 1. The average molecular weight is 310 g/mol. The van der Waals surface area contributed by atoms with E-state index in [-0.39, 0.29) is 5.78 Å². The summed E-state index contributed by atoms with van der Waals surface area (Å²) in [6, 6.07) is 5.74. The van der Waals surface area contributed by atoms with Crippen LogP contribution >= 0.6 is 0 Å². The van der Waals surface area contributed by atoms with Crippen molar-refractivity contribution in [3.63, 3.8) is 0 Å². The summed E-state index contributed by atoms with van der Waals surface area (Å²) in [5.41, 5.74) is 2.52. The van der Waals surface area contributed by atoms with Gasteiger partial charge in [0.05, 0.1) is 5.39 Å². The molecule has 0 aliphatic rings. The molecule has 1 N–H and O–H groups in total. The Morgan fingerprint density at radius 2 is 1.91 bits per heavy atom. The molecule has 0 bridgehead atoms. The lowest BCUT2D eigenvalue weighted by atomic mass is 10.1. The predicted octanol–water partition coefficient (Wildman–Crippen LogP) is 3.94. The quantitative estimate of drug-likeness (QED) is 0.700. The summed E-state index contributed by atoms with van der Waals surface area (Å²) in [7, 11) is 0. The lowest BCUT2D eigenvalue weighted by Gasteiger charge is -2.23. The number of benzene rings is 1. The van der Waals surface area contributed by atoms with Crippen LogP contribution in [-0.2, 0) is 0 Å². The molecule has 0 amide bonds. The zero-order valence-corrected chi connectivity index (χ0v) is 13.9. The predicted molar refractivity (Wildman–Crippen MR) is 94.2 cm³/mol. The molecule has 0 aliphatic heterocycles. The molecule has 0 saturated carbocycles. The molecule has 2 aromatic heterocycles. The molecule has 1 aromatic carbocycles. The Labute approximate surface area is 135 Å². The van der Waals surface area contributed by atoms with E-state index >= 15 is 0 Å². The maximum absolute atomic E-state index is 11.7. The molecule has 3 aromatic rings. The molecular weight excluding hydrogens is 288 g/mol. The molecule has 0 atom stereocenters. The maximum Gasteiger partial charge on any atom is 0.159 e. The first-order chi connectivity index (χ1) is 11.2. The highest BCUT2D eigenvalue weighted by Gasteiger charge is 2.16. The van der Waals surface area contributed by atoms with Gasteiger partial charge in [-0.15, -0.1) is 0 Å². The number of Topliss-reactive ketones (excluding diaryl/α,β-unsaturated/α-hetero) is 1. The summed E-state index contributed by atoms with van der Waals surface area (Å²) in [4.78, 5) is 26.3. The summed E-state index contributed by atoms with van der Waals surface area (Å²) in [6.45, 7) is 7.85. The highest BCUT2D eigenvalue weighted by Crippen LogP contribution is 2.32. The highest BCUT2D eigenvalue weighted by atomic mass is 16.1. The molecule has 120 valence electrons. The van der Waals surface area contributed by atoms with Crippen molar-refractivity contribution in [3.8, 4) is 0 Å². The number of aromatic amines is 1. The molecule has 0 radical (unpaired) electrons. The summed E-state index contributed by atoms with van der Waals surface area (Å²) in [6.07, 6.45) is 3.73. The minimum Gasteiger partial charge on any atom is -0.356 e.